The Morgan fingerprint density at radius 1 is 1.00 bits per heavy atom. The number of benzene rings is 2. The number of hydrogen-bond donors (Lipinski definition) is 1. The van der Waals surface area contributed by atoms with Gasteiger partial charge < -0.3 is 10.1 Å². The molecule has 2 rings (SSSR count). The molecule has 0 aromatic heterocycles. The Balaban J connectivity index is 2.07. The van der Waals surface area contributed by atoms with Gasteiger partial charge >= 0.3 is 5.97 Å². The molecule has 0 saturated carbocycles. The topological polar surface area (TPSA) is 55.4 Å². The van der Waals surface area contributed by atoms with Crippen LogP contribution in [0, 0.1) is 0 Å². The third kappa shape index (κ3) is 3.95. The van der Waals surface area contributed by atoms with Crippen molar-refractivity contribution in [2.75, 3.05) is 12.4 Å². The van der Waals surface area contributed by atoms with Gasteiger partial charge in [-0.1, -0.05) is 43.3 Å². The van der Waals surface area contributed by atoms with Gasteiger partial charge in [-0.2, -0.15) is 0 Å². The third-order valence-corrected chi connectivity index (χ3v) is 3.40. The first kappa shape index (κ1) is 15.8. The molecule has 0 fully saturated rings. The number of nitrogens with one attached hydrogen (secondary N) is 1. The van der Waals surface area contributed by atoms with Crippen LogP contribution in [0.3, 0.4) is 0 Å². The molecule has 1 amide bonds. The molecule has 0 aliphatic carbocycles. The van der Waals surface area contributed by atoms with Crippen molar-refractivity contribution < 1.29 is 14.3 Å². The second-order valence-corrected chi connectivity index (χ2v) is 4.93. The molecule has 0 unspecified atom stereocenters. The Kier molecular flexibility index (Phi) is 5.31. The fraction of sp³-hybridized carbons (Fsp3) is 0.222. The second-order valence-electron chi connectivity index (χ2n) is 4.93. The molecule has 22 heavy (non-hydrogen) atoms. The predicted molar refractivity (Wildman–Crippen MR) is 85.9 cm³/mol. The Bertz CT molecular complexity index is 662. The van der Waals surface area contributed by atoms with Crippen molar-refractivity contribution in [1.29, 1.82) is 0 Å². The molecule has 114 valence electrons. The summed E-state index contributed by atoms with van der Waals surface area (Å²) in [5, 5.41) is 2.76. The minimum Gasteiger partial charge on any atom is -0.465 e. The first-order chi connectivity index (χ1) is 10.6. The summed E-state index contributed by atoms with van der Waals surface area (Å²) in [5.74, 6) is -0.635. The lowest BCUT2D eigenvalue weighted by Crippen LogP contribution is -2.17. The van der Waals surface area contributed by atoms with Crippen LogP contribution in [0.5, 0.6) is 0 Å². The number of ether oxygens (including phenoxy) is 1. The van der Waals surface area contributed by atoms with Crippen LogP contribution in [-0.2, 0) is 22.4 Å². The van der Waals surface area contributed by atoms with Crippen molar-refractivity contribution in [2.24, 2.45) is 0 Å². The molecule has 4 heteroatoms. The molecule has 1 N–H and O–H groups in total. The van der Waals surface area contributed by atoms with E-state index in [1.165, 1.54) is 12.7 Å². The Morgan fingerprint density at radius 3 is 2.27 bits per heavy atom. The third-order valence-electron chi connectivity index (χ3n) is 3.40. The summed E-state index contributed by atoms with van der Waals surface area (Å²) >= 11 is 0. The van der Waals surface area contributed by atoms with E-state index < -0.39 is 5.97 Å². The predicted octanol–water partition coefficient (Wildman–Crippen LogP) is 3.22. The van der Waals surface area contributed by atoms with Gasteiger partial charge in [-0.15, -0.1) is 0 Å². The molecule has 0 heterocycles. The van der Waals surface area contributed by atoms with Crippen LogP contribution in [0.2, 0.25) is 0 Å². The molecule has 2 aromatic carbocycles. The van der Waals surface area contributed by atoms with Gasteiger partial charge in [-0.3, -0.25) is 4.79 Å². The van der Waals surface area contributed by atoms with Crippen LogP contribution in [0.4, 0.5) is 5.69 Å². The first-order valence-corrected chi connectivity index (χ1v) is 7.19. The number of hydrogen-bond acceptors (Lipinski definition) is 3. The monoisotopic (exact) mass is 297 g/mol. The summed E-state index contributed by atoms with van der Waals surface area (Å²) in [6, 6.07) is 14.7. The molecule has 2 aromatic rings. The van der Waals surface area contributed by atoms with Crippen molar-refractivity contribution >= 4 is 17.6 Å². The van der Waals surface area contributed by atoms with E-state index in [2.05, 4.69) is 12.2 Å². The number of carbonyl (C=O) groups excluding carboxylic acids is 2. The van der Waals surface area contributed by atoms with Crippen molar-refractivity contribution in [3.63, 3.8) is 0 Å². The van der Waals surface area contributed by atoms with E-state index in [1.54, 1.807) is 24.3 Å². The highest BCUT2D eigenvalue weighted by atomic mass is 16.5. The lowest BCUT2D eigenvalue weighted by molar-refractivity contribution is -0.115. The van der Waals surface area contributed by atoms with E-state index in [1.807, 2.05) is 24.3 Å². The quantitative estimate of drug-likeness (QED) is 0.862. The van der Waals surface area contributed by atoms with Gasteiger partial charge in [0.2, 0.25) is 5.91 Å². The fourth-order valence-corrected chi connectivity index (χ4v) is 2.15. The van der Waals surface area contributed by atoms with Crippen LogP contribution < -0.4 is 5.32 Å². The highest BCUT2D eigenvalue weighted by Crippen LogP contribution is 2.16. The molecule has 0 saturated heterocycles. The minimum absolute atomic E-state index is 0.166. The van der Waals surface area contributed by atoms with Gasteiger partial charge in [0.1, 0.15) is 0 Å². The summed E-state index contributed by atoms with van der Waals surface area (Å²) in [7, 11) is 1.32. The van der Waals surface area contributed by atoms with Crippen LogP contribution in [0.25, 0.3) is 0 Å². The van der Waals surface area contributed by atoms with Gasteiger partial charge in [0.05, 0.1) is 24.8 Å². The summed E-state index contributed by atoms with van der Waals surface area (Å²) in [6.45, 7) is 2.09. The van der Waals surface area contributed by atoms with Crippen molar-refractivity contribution in [3.8, 4) is 0 Å². The summed E-state index contributed by atoms with van der Waals surface area (Å²) in [4.78, 5) is 23.8. The minimum atomic E-state index is -0.469. The number of methoxy groups -OCH3 is 1. The fourth-order valence-electron chi connectivity index (χ4n) is 2.15. The smallest absolute Gasteiger partial charge is 0.339 e. The van der Waals surface area contributed by atoms with Crippen molar-refractivity contribution in [3.05, 3.63) is 65.2 Å². The van der Waals surface area contributed by atoms with Crippen LogP contribution in [0.1, 0.15) is 28.4 Å². The molecule has 0 radical (unpaired) electrons. The SMILES string of the molecule is CCc1ccc(CC(=O)Nc2ccccc2C(=O)OC)cc1. The zero-order valence-electron chi connectivity index (χ0n) is 12.8. The molecule has 0 spiro atoms. The zero-order valence-corrected chi connectivity index (χ0v) is 12.8. The Labute approximate surface area is 130 Å². The van der Waals surface area contributed by atoms with Gasteiger partial charge in [0.15, 0.2) is 0 Å². The number of anilines is 1. The van der Waals surface area contributed by atoms with Gasteiger partial charge in [0, 0.05) is 0 Å². The van der Waals surface area contributed by atoms with Gasteiger partial charge in [-0.05, 0) is 29.7 Å². The van der Waals surface area contributed by atoms with Gasteiger partial charge in [0.25, 0.3) is 0 Å². The molecule has 0 bridgehead atoms. The number of amides is 1. The number of para-hydroxylation sites is 1. The Hall–Kier alpha value is -2.62. The van der Waals surface area contributed by atoms with Crippen LogP contribution in [-0.4, -0.2) is 19.0 Å². The zero-order chi connectivity index (χ0) is 15.9. The van der Waals surface area contributed by atoms with E-state index in [0.29, 0.717) is 11.3 Å². The van der Waals surface area contributed by atoms with Crippen molar-refractivity contribution in [1.82, 2.24) is 0 Å². The highest BCUT2D eigenvalue weighted by molar-refractivity contribution is 6.01. The molecular formula is C18H19NO3. The maximum Gasteiger partial charge on any atom is 0.339 e. The highest BCUT2D eigenvalue weighted by Gasteiger charge is 2.13. The molecular weight excluding hydrogens is 278 g/mol. The van der Waals surface area contributed by atoms with E-state index in [4.69, 9.17) is 4.74 Å². The van der Waals surface area contributed by atoms with E-state index >= 15 is 0 Å². The summed E-state index contributed by atoms with van der Waals surface area (Å²) in [6.07, 6.45) is 1.23. The summed E-state index contributed by atoms with van der Waals surface area (Å²) in [5.41, 5.74) is 2.98. The number of esters is 1. The maximum absolute atomic E-state index is 12.1. The largest absolute Gasteiger partial charge is 0.465 e. The molecule has 0 aliphatic heterocycles. The average Bonchev–Trinajstić information content (AvgIpc) is 2.55. The van der Waals surface area contributed by atoms with E-state index in [-0.39, 0.29) is 12.3 Å². The molecule has 4 nitrogen and oxygen atoms in total. The molecule has 0 aliphatic rings. The Morgan fingerprint density at radius 2 is 1.64 bits per heavy atom. The number of carbonyl (C=O) groups is 2. The van der Waals surface area contributed by atoms with Gasteiger partial charge in [-0.25, -0.2) is 4.79 Å². The number of rotatable bonds is 5. The summed E-state index contributed by atoms with van der Waals surface area (Å²) < 4.78 is 4.71. The number of aryl methyl sites for hydroxylation is 1. The normalized spacial score (nSPS) is 10.1. The van der Waals surface area contributed by atoms with E-state index in [0.717, 1.165) is 12.0 Å². The maximum atomic E-state index is 12.1. The molecule has 0 atom stereocenters. The lowest BCUT2D eigenvalue weighted by atomic mass is 10.1. The van der Waals surface area contributed by atoms with Crippen LogP contribution in [0.15, 0.2) is 48.5 Å². The average molecular weight is 297 g/mol. The second kappa shape index (κ2) is 7.41. The van der Waals surface area contributed by atoms with E-state index in [9.17, 15) is 9.59 Å². The standard InChI is InChI=1S/C18H19NO3/c1-3-13-8-10-14(11-9-13)12-17(20)19-16-7-5-4-6-15(16)18(21)22-2/h4-11H,3,12H2,1-2H3,(H,19,20). The van der Waals surface area contributed by atoms with Crippen LogP contribution >= 0.6 is 0 Å². The van der Waals surface area contributed by atoms with Crippen molar-refractivity contribution in [2.45, 2.75) is 19.8 Å². The first-order valence-electron chi connectivity index (χ1n) is 7.19. The lowest BCUT2D eigenvalue weighted by Gasteiger charge is -2.09.